The Morgan fingerprint density at radius 2 is 2.06 bits per heavy atom. The van der Waals surface area contributed by atoms with Crippen molar-refractivity contribution in [2.45, 2.75) is 32.5 Å². The predicted octanol–water partition coefficient (Wildman–Crippen LogP) is 2.60. The van der Waals surface area contributed by atoms with E-state index in [9.17, 15) is 13.2 Å². The first-order valence-corrected chi connectivity index (χ1v) is 5.19. The summed E-state index contributed by atoms with van der Waals surface area (Å²) >= 11 is 0. The molecule has 17 heavy (non-hydrogen) atoms. The second-order valence-corrected chi connectivity index (χ2v) is 3.62. The van der Waals surface area contributed by atoms with Gasteiger partial charge in [-0.1, -0.05) is 0 Å². The topological polar surface area (TPSA) is 42.4 Å². The molecule has 0 radical (unpaired) electrons. The molecule has 0 aliphatic carbocycles. The van der Waals surface area contributed by atoms with Gasteiger partial charge in [0.25, 0.3) is 0 Å². The maximum Gasteiger partial charge on any atom is 0.389 e. The van der Waals surface area contributed by atoms with E-state index in [0.717, 1.165) is 0 Å². The van der Waals surface area contributed by atoms with Crippen molar-refractivity contribution >= 4 is 0 Å². The van der Waals surface area contributed by atoms with Gasteiger partial charge < -0.3 is 9.84 Å². The molecular formula is C11H14F3NO2. The fourth-order valence-corrected chi connectivity index (χ4v) is 1.26. The van der Waals surface area contributed by atoms with Crippen molar-refractivity contribution < 1.29 is 23.0 Å². The summed E-state index contributed by atoms with van der Waals surface area (Å²) in [5.74, 6) is 0.280. The number of aliphatic hydroxyl groups is 1. The van der Waals surface area contributed by atoms with Crippen LogP contribution in [-0.4, -0.2) is 22.9 Å². The second kappa shape index (κ2) is 5.86. The number of aliphatic hydroxyl groups excluding tert-OH is 1. The zero-order valence-corrected chi connectivity index (χ0v) is 9.42. The van der Waals surface area contributed by atoms with Gasteiger partial charge in [-0.3, -0.25) is 0 Å². The van der Waals surface area contributed by atoms with Crippen LogP contribution in [0.2, 0.25) is 0 Å². The molecule has 1 aromatic rings. The average Bonchev–Trinajstić information content (AvgIpc) is 2.23. The first kappa shape index (κ1) is 13.8. The maximum absolute atomic E-state index is 11.8. The first-order valence-electron chi connectivity index (χ1n) is 5.19. The molecule has 0 bridgehead atoms. The molecular weight excluding hydrogens is 235 g/mol. The molecule has 0 aliphatic rings. The number of alkyl halides is 3. The van der Waals surface area contributed by atoms with Gasteiger partial charge in [-0.2, -0.15) is 13.2 Å². The quantitative estimate of drug-likeness (QED) is 0.815. The molecule has 1 heterocycles. The third kappa shape index (κ3) is 5.04. The third-order valence-corrected chi connectivity index (χ3v) is 2.19. The molecule has 96 valence electrons. The van der Waals surface area contributed by atoms with Crippen molar-refractivity contribution in [1.82, 2.24) is 4.98 Å². The summed E-state index contributed by atoms with van der Waals surface area (Å²) in [6, 6.07) is 3.17. The predicted molar refractivity (Wildman–Crippen MR) is 55.7 cm³/mol. The van der Waals surface area contributed by atoms with Crippen LogP contribution >= 0.6 is 0 Å². The van der Waals surface area contributed by atoms with E-state index in [1.807, 2.05) is 0 Å². The number of ether oxygens (including phenoxy) is 1. The summed E-state index contributed by atoms with van der Waals surface area (Å²) in [6.45, 7) is 1.56. The lowest BCUT2D eigenvalue weighted by atomic mass is 10.2. The third-order valence-electron chi connectivity index (χ3n) is 2.19. The van der Waals surface area contributed by atoms with Crippen molar-refractivity contribution in [3.8, 4) is 5.88 Å². The van der Waals surface area contributed by atoms with E-state index in [1.54, 1.807) is 13.0 Å². The number of hydrogen-bond acceptors (Lipinski definition) is 3. The van der Waals surface area contributed by atoms with Crippen molar-refractivity contribution in [1.29, 1.82) is 0 Å². The maximum atomic E-state index is 11.8. The molecule has 0 spiro atoms. The van der Waals surface area contributed by atoms with Crippen LogP contribution in [0.1, 0.15) is 24.1 Å². The molecule has 0 fully saturated rings. The van der Waals surface area contributed by atoms with Crippen molar-refractivity contribution in [2.24, 2.45) is 0 Å². The largest absolute Gasteiger partial charge is 0.478 e. The molecule has 0 unspecified atom stereocenters. The van der Waals surface area contributed by atoms with Crippen LogP contribution in [0.4, 0.5) is 13.2 Å². The average molecular weight is 249 g/mol. The molecule has 0 aliphatic heterocycles. The molecule has 1 rings (SSSR count). The standard InChI is InChI=1S/C11H14F3NO2/c1-8-9(7-16)3-4-10(15-8)17-6-2-5-11(12,13)14/h3-4,16H,2,5-7H2,1H3. The van der Waals surface area contributed by atoms with E-state index < -0.39 is 12.6 Å². The van der Waals surface area contributed by atoms with Crippen LogP contribution in [0.3, 0.4) is 0 Å². The summed E-state index contributed by atoms with van der Waals surface area (Å²) in [6.07, 6.45) is -5.10. The highest BCUT2D eigenvalue weighted by Crippen LogP contribution is 2.21. The van der Waals surface area contributed by atoms with Gasteiger partial charge >= 0.3 is 6.18 Å². The zero-order valence-electron chi connectivity index (χ0n) is 9.42. The minimum absolute atomic E-state index is 0.0234. The lowest BCUT2D eigenvalue weighted by Gasteiger charge is -2.09. The molecule has 1 aromatic heterocycles. The second-order valence-electron chi connectivity index (χ2n) is 3.62. The van der Waals surface area contributed by atoms with Gasteiger partial charge in [-0.15, -0.1) is 0 Å². The summed E-state index contributed by atoms with van der Waals surface area (Å²) in [5, 5.41) is 8.91. The van der Waals surface area contributed by atoms with Crippen molar-refractivity contribution in [2.75, 3.05) is 6.61 Å². The number of aromatic nitrogens is 1. The van der Waals surface area contributed by atoms with Gasteiger partial charge in [0.2, 0.25) is 5.88 Å². The van der Waals surface area contributed by atoms with Gasteiger partial charge in [0.1, 0.15) is 0 Å². The fraction of sp³-hybridized carbons (Fsp3) is 0.545. The Balaban J connectivity index is 2.40. The molecule has 0 amide bonds. The number of rotatable bonds is 5. The van der Waals surface area contributed by atoms with E-state index >= 15 is 0 Å². The fourth-order valence-electron chi connectivity index (χ4n) is 1.26. The van der Waals surface area contributed by atoms with Crippen LogP contribution in [0.15, 0.2) is 12.1 Å². The highest BCUT2D eigenvalue weighted by atomic mass is 19.4. The van der Waals surface area contributed by atoms with Gasteiger partial charge in [-0.05, 0) is 25.0 Å². The van der Waals surface area contributed by atoms with E-state index in [-0.39, 0.29) is 25.5 Å². The van der Waals surface area contributed by atoms with Crippen LogP contribution in [-0.2, 0) is 6.61 Å². The monoisotopic (exact) mass is 249 g/mol. The Hall–Kier alpha value is -1.30. The van der Waals surface area contributed by atoms with E-state index in [1.165, 1.54) is 6.07 Å². The highest BCUT2D eigenvalue weighted by Gasteiger charge is 2.26. The Kier molecular flexibility index (Phi) is 4.74. The van der Waals surface area contributed by atoms with Gasteiger partial charge in [0.15, 0.2) is 0 Å². The van der Waals surface area contributed by atoms with Crippen LogP contribution in [0, 0.1) is 6.92 Å². The number of aryl methyl sites for hydroxylation is 1. The van der Waals surface area contributed by atoms with E-state index in [4.69, 9.17) is 9.84 Å². The van der Waals surface area contributed by atoms with Crippen LogP contribution < -0.4 is 4.74 Å². The Morgan fingerprint density at radius 3 is 2.59 bits per heavy atom. The molecule has 3 nitrogen and oxygen atoms in total. The van der Waals surface area contributed by atoms with Gasteiger partial charge in [0, 0.05) is 18.2 Å². The molecule has 6 heteroatoms. The minimum atomic E-state index is -4.15. The van der Waals surface area contributed by atoms with Crippen molar-refractivity contribution in [3.05, 3.63) is 23.4 Å². The van der Waals surface area contributed by atoms with Crippen molar-refractivity contribution in [3.63, 3.8) is 0 Å². The number of pyridine rings is 1. The van der Waals surface area contributed by atoms with Crippen LogP contribution in [0.25, 0.3) is 0 Å². The minimum Gasteiger partial charge on any atom is -0.478 e. The van der Waals surface area contributed by atoms with Gasteiger partial charge in [0.05, 0.1) is 13.2 Å². The van der Waals surface area contributed by atoms with E-state index in [0.29, 0.717) is 11.3 Å². The Morgan fingerprint density at radius 1 is 1.35 bits per heavy atom. The zero-order chi connectivity index (χ0) is 12.9. The van der Waals surface area contributed by atoms with Crippen LogP contribution in [0.5, 0.6) is 5.88 Å². The molecule has 0 atom stereocenters. The van der Waals surface area contributed by atoms with E-state index in [2.05, 4.69) is 4.98 Å². The number of nitrogens with zero attached hydrogens (tertiary/aromatic N) is 1. The SMILES string of the molecule is Cc1nc(OCCCC(F)(F)F)ccc1CO. The Bertz CT molecular complexity index is 366. The number of halogens is 3. The Labute approximate surface area is 97.2 Å². The smallest absolute Gasteiger partial charge is 0.389 e. The molecule has 1 N–H and O–H groups in total. The molecule has 0 aromatic carbocycles. The molecule has 0 saturated heterocycles. The summed E-state index contributed by atoms with van der Waals surface area (Å²) in [4.78, 5) is 4.01. The summed E-state index contributed by atoms with van der Waals surface area (Å²) in [5.41, 5.74) is 1.29. The lowest BCUT2D eigenvalue weighted by molar-refractivity contribution is -0.136. The number of hydrogen-bond donors (Lipinski definition) is 1. The molecule has 0 saturated carbocycles. The summed E-state index contributed by atoms with van der Waals surface area (Å²) in [7, 11) is 0. The highest BCUT2D eigenvalue weighted by molar-refractivity contribution is 5.24. The lowest BCUT2D eigenvalue weighted by Crippen LogP contribution is -2.10. The summed E-state index contributed by atoms with van der Waals surface area (Å²) < 4.78 is 40.6. The first-order chi connectivity index (χ1) is 7.92. The normalized spacial score (nSPS) is 11.6. The van der Waals surface area contributed by atoms with Gasteiger partial charge in [-0.25, -0.2) is 4.98 Å².